The lowest BCUT2D eigenvalue weighted by Crippen LogP contribution is -2.49. The van der Waals surface area contributed by atoms with E-state index in [2.05, 4.69) is 20.8 Å². The average Bonchev–Trinajstić information content (AvgIpc) is 2.93. The predicted molar refractivity (Wildman–Crippen MR) is 103 cm³/mol. The number of carbonyl (C=O) groups is 2. The molecule has 4 heteroatoms. The molecule has 1 heterocycles. The summed E-state index contributed by atoms with van der Waals surface area (Å²) in [6.45, 7) is 9.95. The smallest absolute Gasteiger partial charge is 0.165 e. The van der Waals surface area contributed by atoms with Gasteiger partial charge in [-0.2, -0.15) is 0 Å². The summed E-state index contributed by atoms with van der Waals surface area (Å²) < 4.78 is 12.1. The average molecular weight is 377 g/mol. The van der Waals surface area contributed by atoms with E-state index in [-0.39, 0.29) is 16.7 Å². The van der Waals surface area contributed by atoms with Crippen molar-refractivity contribution in [3.63, 3.8) is 0 Å². The molecule has 3 aliphatic carbocycles. The van der Waals surface area contributed by atoms with Crippen LogP contribution >= 0.6 is 0 Å². The van der Waals surface area contributed by atoms with Crippen LogP contribution in [-0.4, -0.2) is 30.6 Å². The lowest BCUT2D eigenvalue weighted by Gasteiger charge is -2.50. The van der Waals surface area contributed by atoms with E-state index in [1.54, 1.807) is 0 Å². The topological polar surface area (TPSA) is 52.6 Å². The van der Waals surface area contributed by atoms with Gasteiger partial charge in [-0.15, -0.1) is 0 Å². The lowest BCUT2D eigenvalue weighted by atomic mass is 9.53. The molecule has 1 aliphatic heterocycles. The van der Waals surface area contributed by atoms with Gasteiger partial charge in [0.05, 0.1) is 13.2 Å². The summed E-state index contributed by atoms with van der Waals surface area (Å²) in [6.07, 6.45) is 7.11. The SMILES string of the molecule is CC1(C)COC(C)(CC[C@H]2C(=O)CC[C@@H]3[C@@H]2CC[C@]2(C)C(=O)CC[C@@H]32)OC1. The number of hydrogen-bond acceptors (Lipinski definition) is 4. The van der Waals surface area contributed by atoms with Crippen LogP contribution in [0.15, 0.2) is 0 Å². The fourth-order valence-corrected chi connectivity index (χ4v) is 6.45. The molecule has 3 saturated carbocycles. The normalized spacial score (nSPS) is 43.3. The minimum absolute atomic E-state index is 0.0636. The van der Waals surface area contributed by atoms with E-state index in [1.165, 1.54) is 0 Å². The van der Waals surface area contributed by atoms with Crippen molar-refractivity contribution in [2.24, 2.45) is 34.5 Å². The maximum Gasteiger partial charge on any atom is 0.165 e. The number of ketones is 2. The summed E-state index contributed by atoms with van der Waals surface area (Å²) in [5.74, 6) is 1.98. The van der Waals surface area contributed by atoms with Gasteiger partial charge in [-0.05, 0) is 56.8 Å². The van der Waals surface area contributed by atoms with Gasteiger partial charge in [-0.1, -0.05) is 20.8 Å². The van der Waals surface area contributed by atoms with Crippen molar-refractivity contribution >= 4 is 11.6 Å². The number of Topliss-reactive ketones (excluding diaryl/α,β-unsaturated/α-hetero) is 2. The van der Waals surface area contributed by atoms with Gasteiger partial charge in [-0.3, -0.25) is 9.59 Å². The van der Waals surface area contributed by atoms with Crippen LogP contribution in [0, 0.1) is 34.5 Å². The van der Waals surface area contributed by atoms with E-state index >= 15 is 0 Å². The molecular formula is C23H36O4. The standard InChI is InChI=1S/C23H36O4/c1-21(2)13-26-23(4,27-14-21)12-10-17-15-9-11-22(3)18(6-8-20(22)25)16(15)5-7-19(17)24/h15-18H,5-14H2,1-4H3/t15-,16+,17+,18-,22-/m0/s1. The van der Waals surface area contributed by atoms with Crippen molar-refractivity contribution in [3.8, 4) is 0 Å². The molecule has 27 heavy (non-hydrogen) atoms. The molecule has 4 nitrogen and oxygen atoms in total. The summed E-state index contributed by atoms with van der Waals surface area (Å²) >= 11 is 0. The zero-order valence-electron chi connectivity index (χ0n) is 17.5. The Labute approximate surface area is 163 Å². The van der Waals surface area contributed by atoms with Crippen LogP contribution in [0.25, 0.3) is 0 Å². The number of rotatable bonds is 3. The molecule has 0 N–H and O–H groups in total. The minimum Gasteiger partial charge on any atom is -0.350 e. The van der Waals surface area contributed by atoms with Crippen molar-refractivity contribution in [1.82, 2.24) is 0 Å². The van der Waals surface area contributed by atoms with E-state index in [1.807, 2.05) is 6.92 Å². The van der Waals surface area contributed by atoms with Crippen molar-refractivity contribution in [2.45, 2.75) is 84.8 Å². The van der Waals surface area contributed by atoms with Crippen molar-refractivity contribution in [3.05, 3.63) is 0 Å². The minimum atomic E-state index is -0.560. The van der Waals surface area contributed by atoms with Gasteiger partial charge in [0.25, 0.3) is 0 Å². The van der Waals surface area contributed by atoms with Gasteiger partial charge in [0, 0.05) is 36.0 Å². The summed E-state index contributed by atoms with van der Waals surface area (Å²) in [4.78, 5) is 25.3. The first-order chi connectivity index (χ1) is 12.6. The molecule has 0 aromatic heterocycles. The maximum absolute atomic E-state index is 12.8. The highest BCUT2D eigenvalue weighted by atomic mass is 16.7. The number of ether oxygens (including phenoxy) is 2. The predicted octanol–water partition coefficient (Wildman–Crippen LogP) is 4.55. The Hall–Kier alpha value is -0.740. The molecule has 152 valence electrons. The first kappa shape index (κ1) is 19.6. The molecule has 0 aromatic carbocycles. The third kappa shape index (κ3) is 3.42. The maximum atomic E-state index is 12.8. The molecule has 0 spiro atoms. The van der Waals surface area contributed by atoms with Gasteiger partial charge < -0.3 is 9.47 Å². The van der Waals surface area contributed by atoms with Gasteiger partial charge in [0.15, 0.2) is 5.79 Å². The third-order valence-corrected chi connectivity index (χ3v) is 8.30. The zero-order chi connectivity index (χ0) is 19.4. The first-order valence-electron chi connectivity index (χ1n) is 11.0. The van der Waals surface area contributed by atoms with E-state index in [0.29, 0.717) is 49.0 Å². The molecular weight excluding hydrogens is 340 g/mol. The molecule has 4 aliphatic rings. The molecule has 0 unspecified atom stereocenters. The van der Waals surface area contributed by atoms with Gasteiger partial charge >= 0.3 is 0 Å². The van der Waals surface area contributed by atoms with Crippen LogP contribution in [-0.2, 0) is 19.1 Å². The second-order valence-electron chi connectivity index (χ2n) is 10.9. The van der Waals surface area contributed by atoms with Crippen LogP contribution in [0.4, 0.5) is 0 Å². The van der Waals surface area contributed by atoms with Crippen LogP contribution in [0.2, 0.25) is 0 Å². The van der Waals surface area contributed by atoms with Crippen molar-refractivity contribution < 1.29 is 19.1 Å². The number of fused-ring (bicyclic) bond motifs is 3. The highest BCUT2D eigenvalue weighted by molar-refractivity contribution is 5.87. The van der Waals surface area contributed by atoms with Crippen LogP contribution in [0.1, 0.15) is 79.1 Å². The van der Waals surface area contributed by atoms with E-state index in [9.17, 15) is 9.59 Å². The molecule has 0 bridgehead atoms. The Bertz CT molecular complexity index is 614. The van der Waals surface area contributed by atoms with Crippen molar-refractivity contribution in [1.29, 1.82) is 0 Å². The molecule has 5 atom stereocenters. The summed E-state index contributed by atoms with van der Waals surface area (Å²) in [7, 11) is 0. The molecule has 4 rings (SSSR count). The Morgan fingerprint density at radius 1 is 0.926 bits per heavy atom. The summed E-state index contributed by atoms with van der Waals surface area (Å²) in [6, 6.07) is 0. The molecule has 0 radical (unpaired) electrons. The van der Waals surface area contributed by atoms with Gasteiger partial charge in [0.1, 0.15) is 11.6 Å². The van der Waals surface area contributed by atoms with E-state index < -0.39 is 5.79 Å². The van der Waals surface area contributed by atoms with Gasteiger partial charge in [0.2, 0.25) is 0 Å². The first-order valence-corrected chi connectivity index (χ1v) is 11.0. The summed E-state index contributed by atoms with van der Waals surface area (Å²) in [5, 5.41) is 0. The fourth-order valence-electron chi connectivity index (χ4n) is 6.45. The Balaban J connectivity index is 1.44. The quantitative estimate of drug-likeness (QED) is 0.725. The van der Waals surface area contributed by atoms with Crippen LogP contribution < -0.4 is 0 Å². The Morgan fingerprint density at radius 3 is 2.33 bits per heavy atom. The monoisotopic (exact) mass is 376 g/mol. The number of carbonyl (C=O) groups excluding carboxylic acids is 2. The zero-order valence-corrected chi connectivity index (χ0v) is 17.5. The Morgan fingerprint density at radius 2 is 1.63 bits per heavy atom. The van der Waals surface area contributed by atoms with E-state index in [4.69, 9.17) is 9.47 Å². The fraction of sp³-hybridized carbons (Fsp3) is 0.913. The third-order valence-electron chi connectivity index (χ3n) is 8.30. The van der Waals surface area contributed by atoms with Crippen molar-refractivity contribution in [2.75, 3.05) is 13.2 Å². The molecule has 0 amide bonds. The largest absolute Gasteiger partial charge is 0.350 e. The molecule has 0 aromatic rings. The van der Waals surface area contributed by atoms with E-state index in [0.717, 1.165) is 44.9 Å². The van der Waals surface area contributed by atoms with Gasteiger partial charge in [-0.25, -0.2) is 0 Å². The van der Waals surface area contributed by atoms with Crippen LogP contribution in [0.5, 0.6) is 0 Å². The lowest BCUT2D eigenvalue weighted by molar-refractivity contribution is -0.293. The second-order valence-corrected chi connectivity index (χ2v) is 10.9. The second kappa shape index (κ2) is 6.66. The highest BCUT2D eigenvalue weighted by Gasteiger charge is 2.56. The number of hydrogen-bond donors (Lipinski definition) is 0. The van der Waals surface area contributed by atoms with Crippen LogP contribution in [0.3, 0.4) is 0 Å². The molecule has 1 saturated heterocycles. The highest BCUT2D eigenvalue weighted by Crippen LogP contribution is 2.59. The summed E-state index contributed by atoms with van der Waals surface area (Å²) in [5.41, 5.74) is -0.0483. The Kier molecular flexibility index (Phi) is 4.82. The molecule has 4 fully saturated rings.